The van der Waals surface area contributed by atoms with Crippen LogP contribution in [0.1, 0.15) is 44.0 Å². The zero-order chi connectivity index (χ0) is 11.5. The van der Waals surface area contributed by atoms with Gasteiger partial charge in [-0.05, 0) is 52.2 Å². The highest BCUT2D eigenvalue weighted by Crippen LogP contribution is 2.43. The molecule has 1 aromatic rings. The molecule has 1 fully saturated rings. The van der Waals surface area contributed by atoms with Crippen LogP contribution in [0.3, 0.4) is 0 Å². The fourth-order valence-corrected chi connectivity index (χ4v) is 4.63. The second-order valence-corrected chi connectivity index (χ2v) is 6.54. The van der Waals surface area contributed by atoms with Gasteiger partial charge in [-0.1, -0.05) is 26.7 Å². The number of nitrogens with one attached hydrogen (secondary N) is 1. The van der Waals surface area contributed by atoms with Gasteiger partial charge in [0, 0.05) is 15.4 Å². The molecule has 0 radical (unpaired) electrons. The molecule has 3 atom stereocenters. The number of rotatable bonds is 4. The lowest BCUT2D eigenvalue weighted by Gasteiger charge is -2.27. The first kappa shape index (κ1) is 12.6. The number of halogens is 1. The molecule has 1 saturated carbocycles. The van der Waals surface area contributed by atoms with Crippen LogP contribution in [0.25, 0.3) is 0 Å². The van der Waals surface area contributed by atoms with Crippen molar-refractivity contribution in [2.75, 3.05) is 6.54 Å². The third kappa shape index (κ3) is 2.52. The molecule has 2 rings (SSSR count). The Balaban J connectivity index is 2.20. The predicted octanol–water partition coefficient (Wildman–Crippen LogP) is 4.60. The normalized spacial score (nSPS) is 27.2. The first-order valence-corrected chi connectivity index (χ1v) is 7.87. The van der Waals surface area contributed by atoms with Crippen molar-refractivity contribution in [2.24, 2.45) is 11.8 Å². The standard InChI is InChI=1S/C13H20BrNS/c1-3-15-12(10-6-4-5-9(10)2)13-11(14)7-8-16-13/h7-10,12,15H,3-6H2,1-2H3. The van der Waals surface area contributed by atoms with Gasteiger partial charge in [-0.15, -0.1) is 11.3 Å². The van der Waals surface area contributed by atoms with Gasteiger partial charge in [0.2, 0.25) is 0 Å². The van der Waals surface area contributed by atoms with Crippen molar-refractivity contribution in [3.63, 3.8) is 0 Å². The van der Waals surface area contributed by atoms with Crippen LogP contribution in [-0.2, 0) is 0 Å². The summed E-state index contributed by atoms with van der Waals surface area (Å²) in [6, 6.07) is 2.72. The van der Waals surface area contributed by atoms with Gasteiger partial charge in [-0.3, -0.25) is 0 Å². The van der Waals surface area contributed by atoms with Gasteiger partial charge in [0.1, 0.15) is 0 Å². The molecule has 1 aliphatic carbocycles. The SMILES string of the molecule is CCNC(c1sccc1Br)C1CCCC1C. The van der Waals surface area contributed by atoms with Gasteiger partial charge in [0.05, 0.1) is 0 Å². The third-order valence-corrected chi connectivity index (χ3v) is 5.66. The van der Waals surface area contributed by atoms with Gasteiger partial charge in [0.25, 0.3) is 0 Å². The van der Waals surface area contributed by atoms with Crippen LogP contribution in [0.15, 0.2) is 15.9 Å². The monoisotopic (exact) mass is 301 g/mol. The van der Waals surface area contributed by atoms with E-state index in [0.29, 0.717) is 6.04 Å². The third-order valence-electron chi connectivity index (χ3n) is 3.71. The van der Waals surface area contributed by atoms with Crippen LogP contribution >= 0.6 is 27.3 Å². The van der Waals surface area contributed by atoms with E-state index >= 15 is 0 Å². The highest BCUT2D eigenvalue weighted by Gasteiger charge is 2.32. The minimum absolute atomic E-state index is 0.553. The topological polar surface area (TPSA) is 12.0 Å². The summed E-state index contributed by atoms with van der Waals surface area (Å²) in [5, 5.41) is 5.86. The summed E-state index contributed by atoms with van der Waals surface area (Å²) in [6.45, 7) is 5.66. The summed E-state index contributed by atoms with van der Waals surface area (Å²) >= 11 is 5.55. The van der Waals surface area contributed by atoms with Crippen molar-refractivity contribution in [1.29, 1.82) is 0 Å². The first-order valence-electron chi connectivity index (χ1n) is 6.20. The smallest absolute Gasteiger partial charge is 0.0457 e. The molecule has 0 saturated heterocycles. The zero-order valence-corrected chi connectivity index (χ0v) is 12.4. The van der Waals surface area contributed by atoms with E-state index in [-0.39, 0.29) is 0 Å². The number of hydrogen-bond acceptors (Lipinski definition) is 2. The van der Waals surface area contributed by atoms with Crippen LogP contribution in [0, 0.1) is 11.8 Å². The molecule has 1 aliphatic rings. The Morgan fingerprint density at radius 3 is 2.88 bits per heavy atom. The molecule has 3 heteroatoms. The molecule has 0 amide bonds. The molecular formula is C13H20BrNS. The van der Waals surface area contributed by atoms with E-state index < -0.39 is 0 Å². The second-order valence-electron chi connectivity index (χ2n) is 4.74. The highest BCUT2D eigenvalue weighted by molar-refractivity contribution is 9.10. The van der Waals surface area contributed by atoms with Crippen molar-refractivity contribution in [3.05, 3.63) is 20.8 Å². The average Bonchev–Trinajstić information content (AvgIpc) is 2.84. The zero-order valence-electron chi connectivity index (χ0n) is 10.0. The summed E-state index contributed by atoms with van der Waals surface area (Å²) in [4.78, 5) is 1.49. The maximum Gasteiger partial charge on any atom is 0.0457 e. The van der Waals surface area contributed by atoms with E-state index in [2.05, 4.69) is 46.5 Å². The summed E-state index contributed by atoms with van der Waals surface area (Å²) in [5.74, 6) is 1.67. The van der Waals surface area contributed by atoms with Crippen molar-refractivity contribution in [2.45, 2.75) is 39.2 Å². The summed E-state index contributed by atoms with van der Waals surface area (Å²) < 4.78 is 1.28. The minimum atomic E-state index is 0.553. The van der Waals surface area contributed by atoms with Crippen molar-refractivity contribution >= 4 is 27.3 Å². The molecular weight excluding hydrogens is 282 g/mol. The van der Waals surface area contributed by atoms with Crippen LogP contribution in [0.5, 0.6) is 0 Å². The minimum Gasteiger partial charge on any atom is -0.309 e. The van der Waals surface area contributed by atoms with Crippen LogP contribution in [-0.4, -0.2) is 6.54 Å². The quantitative estimate of drug-likeness (QED) is 0.857. The van der Waals surface area contributed by atoms with E-state index in [1.165, 1.54) is 28.6 Å². The van der Waals surface area contributed by atoms with Crippen molar-refractivity contribution in [3.8, 4) is 0 Å². The Morgan fingerprint density at radius 2 is 2.38 bits per heavy atom. The molecule has 0 aromatic carbocycles. The van der Waals surface area contributed by atoms with Crippen LogP contribution < -0.4 is 5.32 Å². The van der Waals surface area contributed by atoms with Crippen molar-refractivity contribution in [1.82, 2.24) is 5.32 Å². The summed E-state index contributed by atoms with van der Waals surface area (Å²) in [7, 11) is 0. The Labute approximate surface area is 111 Å². The largest absolute Gasteiger partial charge is 0.309 e. The summed E-state index contributed by atoms with van der Waals surface area (Å²) in [6.07, 6.45) is 4.18. The molecule has 3 unspecified atom stereocenters. The second kappa shape index (κ2) is 5.65. The molecule has 1 heterocycles. The molecule has 1 nitrogen and oxygen atoms in total. The van der Waals surface area contributed by atoms with E-state index in [0.717, 1.165) is 18.4 Å². The van der Waals surface area contributed by atoms with E-state index in [9.17, 15) is 0 Å². The fraction of sp³-hybridized carbons (Fsp3) is 0.692. The molecule has 0 spiro atoms. The lowest BCUT2D eigenvalue weighted by molar-refractivity contribution is 0.308. The maximum absolute atomic E-state index is 3.68. The molecule has 90 valence electrons. The van der Waals surface area contributed by atoms with Crippen molar-refractivity contribution < 1.29 is 0 Å². The van der Waals surface area contributed by atoms with E-state index in [4.69, 9.17) is 0 Å². The molecule has 0 bridgehead atoms. The Morgan fingerprint density at radius 1 is 1.56 bits per heavy atom. The summed E-state index contributed by atoms with van der Waals surface area (Å²) in [5.41, 5.74) is 0. The van der Waals surface area contributed by atoms with Gasteiger partial charge in [0.15, 0.2) is 0 Å². The van der Waals surface area contributed by atoms with Gasteiger partial charge < -0.3 is 5.32 Å². The fourth-order valence-electron chi connectivity index (χ4n) is 2.86. The molecule has 16 heavy (non-hydrogen) atoms. The van der Waals surface area contributed by atoms with E-state index in [1.54, 1.807) is 0 Å². The van der Waals surface area contributed by atoms with Crippen LogP contribution in [0.2, 0.25) is 0 Å². The van der Waals surface area contributed by atoms with Gasteiger partial charge >= 0.3 is 0 Å². The molecule has 0 aliphatic heterocycles. The van der Waals surface area contributed by atoms with Crippen LogP contribution in [0.4, 0.5) is 0 Å². The maximum atomic E-state index is 3.68. The Hall–Kier alpha value is 0.140. The Bertz CT molecular complexity index is 336. The highest BCUT2D eigenvalue weighted by atomic mass is 79.9. The lowest BCUT2D eigenvalue weighted by atomic mass is 9.89. The van der Waals surface area contributed by atoms with Gasteiger partial charge in [-0.2, -0.15) is 0 Å². The van der Waals surface area contributed by atoms with E-state index in [1.807, 2.05) is 11.3 Å². The predicted molar refractivity (Wildman–Crippen MR) is 74.9 cm³/mol. The molecule has 1 aromatic heterocycles. The number of hydrogen-bond donors (Lipinski definition) is 1. The van der Waals surface area contributed by atoms with Gasteiger partial charge in [-0.25, -0.2) is 0 Å². The Kier molecular flexibility index (Phi) is 4.45. The first-order chi connectivity index (χ1) is 7.74. The molecule has 1 N–H and O–H groups in total. The average molecular weight is 302 g/mol. The lowest BCUT2D eigenvalue weighted by Crippen LogP contribution is -2.29. The number of thiophene rings is 1.